The molecule has 0 fully saturated rings. The standard InChI is InChI=1S/C10H8BrClFN3/c11-7-5-16(15-10(7)14)4-6-1-2-8(12)9(13)3-6/h1-3,5H,4H2,(H2,14,15). The molecule has 2 rings (SSSR count). The fraction of sp³-hybridized carbons (Fsp3) is 0.100. The summed E-state index contributed by atoms with van der Waals surface area (Å²) in [5.41, 5.74) is 6.35. The molecule has 2 N–H and O–H groups in total. The van der Waals surface area contributed by atoms with Gasteiger partial charge in [-0.2, -0.15) is 5.10 Å². The smallest absolute Gasteiger partial charge is 0.159 e. The summed E-state index contributed by atoms with van der Waals surface area (Å²) in [5, 5.41) is 4.17. The first-order valence-electron chi connectivity index (χ1n) is 4.48. The molecule has 0 unspecified atom stereocenters. The summed E-state index contributed by atoms with van der Waals surface area (Å²) in [6, 6.07) is 4.65. The molecule has 6 heteroatoms. The SMILES string of the molecule is Nc1nn(Cc2ccc(Cl)c(F)c2)cc1Br. The molecule has 0 saturated heterocycles. The number of aromatic nitrogens is 2. The van der Waals surface area contributed by atoms with Gasteiger partial charge >= 0.3 is 0 Å². The van der Waals surface area contributed by atoms with Gasteiger partial charge in [0.1, 0.15) is 5.82 Å². The first-order chi connectivity index (χ1) is 7.56. The topological polar surface area (TPSA) is 43.8 Å². The van der Waals surface area contributed by atoms with Crippen molar-refractivity contribution >= 4 is 33.3 Å². The van der Waals surface area contributed by atoms with Crippen molar-refractivity contribution in [2.45, 2.75) is 6.54 Å². The van der Waals surface area contributed by atoms with Crippen molar-refractivity contribution < 1.29 is 4.39 Å². The molecule has 0 saturated carbocycles. The second-order valence-corrected chi connectivity index (χ2v) is 4.57. The average Bonchev–Trinajstić information content (AvgIpc) is 2.52. The predicted octanol–water partition coefficient (Wildman–Crippen LogP) is 3.07. The summed E-state index contributed by atoms with van der Waals surface area (Å²) in [6.45, 7) is 0.448. The largest absolute Gasteiger partial charge is 0.381 e. The maximum atomic E-state index is 13.2. The maximum Gasteiger partial charge on any atom is 0.159 e. The van der Waals surface area contributed by atoms with Gasteiger partial charge in [-0.1, -0.05) is 17.7 Å². The van der Waals surface area contributed by atoms with Gasteiger partial charge in [-0.15, -0.1) is 0 Å². The fourth-order valence-electron chi connectivity index (χ4n) is 1.32. The lowest BCUT2D eigenvalue weighted by Crippen LogP contribution is -2.01. The van der Waals surface area contributed by atoms with Gasteiger partial charge in [0.25, 0.3) is 0 Å². The molecule has 3 nitrogen and oxygen atoms in total. The van der Waals surface area contributed by atoms with Gasteiger partial charge in [-0.25, -0.2) is 4.39 Å². The zero-order valence-corrected chi connectivity index (χ0v) is 10.5. The molecule has 1 aromatic carbocycles. The molecule has 0 spiro atoms. The number of nitrogens with zero attached hydrogens (tertiary/aromatic N) is 2. The van der Waals surface area contributed by atoms with Crippen LogP contribution < -0.4 is 5.73 Å². The van der Waals surface area contributed by atoms with E-state index in [1.807, 2.05) is 0 Å². The van der Waals surface area contributed by atoms with Crippen LogP contribution in [0.4, 0.5) is 10.2 Å². The number of hydrogen-bond acceptors (Lipinski definition) is 2. The van der Waals surface area contributed by atoms with E-state index >= 15 is 0 Å². The Labute approximate surface area is 105 Å². The highest BCUT2D eigenvalue weighted by Crippen LogP contribution is 2.19. The summed E-state index contributed by atoms with van der Waals surface area (Å²) >= 11 is 8.84. The third-order valence-electron chi connectivity index (χ3n) is 2.07. The minimum Gasteiger partial charge on any atom is -0.381 e. The summed E-state index contributed by atoms with van der Waals surface area (Å²) in [7, 11) is 0. The van der Waals surface area contributed by atoms with Crippen LogP contribution in [0.3, 0.4) is 0 Å². The van der Waals surface area contributed by atoms with Crippen LogP contribution in [-0.4, -0.2) is 9.78 Å². The van der Waals surface area contributed by atoms with Crippen LogP contribution in [0.5, 0.6) is 0 Å². The quantitative estimate of drug-likeness (QED) is 0.926. The minimum atomic E-state index is -0.432. The summed E-state index contributed by atoms with van der Waals surface area (Å²) in [6.07, 6.45) is 1.74. The summed E-state index contributed by atoms with van der Waals surface area (Å²) in [4.78, 5) is 0. The van der Waals surface area contributed by atoms with Crippen molar-refractivity contribution in [3.63, 3.8) is 0 Å². The van der Waals surface area contributed by atoms with Crippen molar-refractivity contribution in [2.24, 2.45) is 0 Å². The maximum absolute atomic E-state index is 13.2. The van der Waals surface area contributed by atoms with Crippen molar-refractivity contribution in [2.75, 3.05) is 5.73 Å². The zero-order valence-electron chi connectivity index (χ0n) is 8.12. The summed E-state index contributed by atoms with van der Waals surface area (Å²) < 4.78 is 15.5. The molecule has 0 amide bonds. The summed E-state index contributed by atoms with van der Waals surface area (Å²) in [5.74, 6) is -0.0206. The first kappa shape index (κ1) is 11.4. The first-order valence-corrected chi connectivity index (χ1v) is 5.65. The van der Waals surface area contributed by atoms with Crippen LogP contribution in [0.2, 0.25) is 5.02 Å². The highest BCUT2D eigenvalue weighted by Gasteiger charge is 2.05. The van der Waals surface area contributed by atoms with Crippen LogP contribution in [-0.2, 0) is 6.54 Å². The van der Waals surface area contributed by atoms with Gasteiger partial charge in [-0.3, -0.25) is 4.68 Å². The Hall–Kier alpha value is -1.07. The number of rotatable bonds is 2. The van der Waals surface area contributed by atoms with E-state index in [-0.39, 0.29) is 5.02 Å². The molecule has 0 atom stereocenters. The molecule has 0 bridgehead atoms. The van der Waals surface area contributed by atoms with Crippen molar-refractivity contribution in [3.05, 3.63) is 45.3 Å². The van der Waals surface area contributed by atoms with Crippen LogP contribution in [0, 0.1) is 5.82 Å². The molecule has 0 aliphatic heterocycles. The highest BCUT2D eigenvalue weighted by molar-refractivity contribution is 9.10. The fourth-order valence-corrected chi connectivity index (χ4v) is 1.75. The molecule has 1 heterocycles. The molecule has 16 heavy (non-hydrogen) atoms. The van der Waals surface area contributed by atoms with Gasteiger partial charge in [0.05, 0.1) is 16.0 Å². The number of benzene rings is 1. The lowest BCUT2D eigenvalue weighted by molar-refractivity contribution is 0.620. The molecule has 1 aromatic heterocycles. The third kappa shape index (κ3) is 2.36. The molecular weight excluding hydrogens is 296 g/mol. The van der Waals surface area contributed by atoms with Gasteiger partial charge in [-0.05, 0) is 33.6 Å². The van der Waals surface area contributed by atoms with Crippen LogP contribution in [0.25, 0.3) is 0 Å². The Morgan fingerprint density at radius 1 is 1.50 bits per heavy atom. The van der Waals surface area contributed by atoms with E-state index in [2.05, 4.69) is 21.0 Å². The Kier molecular flexibility index (Phi) is 3.16. The number of hydrogen-bond donors (Lipinski definition) is 1. The molecule has 0 radical (unpaired) electrons. The van der Waals surface area contributed by atoms with E-state index in [0.29, 0.717) is 12.4 Å². The minimum absolute atomic E-state index is 0.116. The van der Waals surface area contributed by atoms with E-state index in [1.54, 1.807) is 16.9 Å². The Morgan fingerprint density at radius 2 is 2.25 bits per heavy atom. The van der Waals surface area contributed by atoms with Crippen LogP contribution in [0.1, 0.15) is 5.56 Å². The van der Waals surface area contributed by atoms with Crippen LogP contribution in [0.15, 0.2) is 28.9 Å². The molecule has 84 valence electrons. The highest BCUT2D eigenvalue weighted by atomic mass is 79.9. The number of anilines is 1. The van der Waals surface area contributed by atoms with E-state index in [1.165, 1.54) is 12.1 Å². The van der Waals surface area contributed by atoms with E-state index < -0.39 is 5.82 Å². The third-order valence-corrected chi connectivity index (χ3v) is 2.99. The normalized spacial score (nSPS) is 10.7. The van der Waals surface area contributed by atoms with Gasteiger partial charge in [0.2, 0.25) is 0 Å². The molecule has 0 aliphatic carbocycles. The van der Waals surface area contributed by atoms with Gasteiger partial charge in [0.15, 0.2) is 5.82 Å². The lowest BCUT2D eigenvalue weighted by atomic mass is 10.2. The number of nitrogen functional groups attached to an aromatic ring is 1. The van der Waals surface area contributed by atoms with E-state index in [9.17, 15) is 4.39 Å². The van der Waals surface area contributed by atoms with Crippen LogP contribution >= 0.6 is 27.5 Å². The van der Waals surface area contributed by atoms with E-state index in [4.69, 9.17) is 17.3 Å². The Bertz CT molecular complexity index is 507. The zero-order chi connectivity index (χ0) is 11.7. The lowest BCUT2D eigenvalue weighted by Gasteiger charge is -2.02. The second kappa shape index (κ2) is 4.43. The monoisotopic (exact) mass is 303 g/mol. The Morgan fingerprint density at radius 3 is 2.81 bits per heavy atom. The van der Waals surface area contributed by atoms with Crippen molar-refractivity contribution in [1.82, 2.24) is 9.78 Å². The van der Waals surface area contributed by atoms with Crippen molar-refractivity contribution in [1.29, 1.82) is 0 Å². The van der Waals surface area contributed by atoms with Gasteiger partial charge < -0.3 is 5.73 Å². The average molecular weight is 305 g/mol. The molecule has 2 aromatic rings. The Balaban J connectivity index is 2.23. The second-order valence-electron chi connectivity index (χ2n) is 3.31. The molecular formula is C10H8BrClFN3. The van der Waals surface area contributed by atoms with E-state index in [0.717, 1.165) is 10.0 Å². The number of nitrogens with two attached hydrogens (primary N) is 1. The predicted molar refractivity (Wildman–Crippen MR) is 64.9 cm³/mol. The molecule has 0 aliphatic rings. The number of halogens is 3. The van der Waals surface area contributed by atoms with Gasteiger partial charge in [0, 0.05) is 6.20 Å². The van der Waals surface area contributed by atoms with Crippen molar-refractivity contribution in [3.8, 4) is 0 Å².